The maximum Gasteiger partial charge on any atom is 0.0564 e. The first-order valence-electron chi connectivity index (χ1n) is 3.73. The van der Waals surface area contributed by atoms with Crippen LogP contribution < -0.4 is 17.0 Å². The molecule has 0 amide bonds. The number of aryl methyl sites for hydroxylation is 1. The second kappa shape index (κ2) is 3.78. The van der Waals surface area contributed by atoms with Crippen LogP contribution in [0.2, 0.25) is 0 Å². The minimum absolute atomic E-state index is 0.649. The molecule has 0 saturated carbocycles. The van der Waals surface area contributed by atoms with Crippen LogP contribution in [0.15, 0.2) is 30.5 Å². The van der Waals surface area contributed by atoms with Crippen molar-refractivity contribution in [1.82, 2.24) is 5.43 Å². The molecule has 1 aromatic rings. The Labute approximate surface area is 72.0 Å². The zero-order chi connectivity index (χ0) is 8.97. The van der Waals surface area contributed by atoms with Crippen LogP contribution in [0.1, 0.15) is 11.1 Å². The Balaban J connectivity index is 3.02. The van der Waals surface area contributed by atoms with E-state index in [1.165, 1.54) is 0 Å². The van der Waals surface area contributed by atoms with E-state index in [1.807, 2.05) is 31.2 Å². The normalized spacial score (nSPS) is 11.3. The van der Waals surface area contributed by atoms with Crippen molar-refractivity contribution in [2.45, 2.75) is 6.92 Å². The van der Waals surface area contributed by atoms with Gasteiger partial charge in [0.2, 0.25) is 0 Å². The highest BCUT2D eigenvalue weighted by Gasteiger charge is 1.97. The minimum atomic E-state index is 0.649. The Morgan fingerprint density at radius 2 is 2.08 bits per heavy atom. The standard InChI is InChI=1S/C9H13N3/c1-7-4-2-3-5-8(7)9(10)6-12-11/h2-6,12H,10-11H2,1H3/b9-6-. The van der Waals surface area contributed by atoms with Gasteiger partial charge < -0.3 is 11.2 Å². The lowest BCUT2D eigenvalue weighted by molar-refractivity contribution is 0.967. The predicted octanol–water partition coefficient (Wildman–Crippen LogP) is 0.715. The molecule has 3 nitrogen and oxygen atoms in total. The Hall–Kier alpha value is -1.48. The molecule has 0 saturated heterocycles. The topological polar surface area (TPSA) is 64.1 Å². The van der Waals surface area contributed by atoms with Gasteiger partial charge in [0.05, 0.1) is 5.70 Å². The molecule has 64 valence electrons. The van der Waals surface area contributed by atoms with Crippen molar-refractivity contribution in [3.63, 3.8) is 0 Å². The monoisotopic (exact) mass is 163 g/mol. The van der Waals surface area contributed by atoms with Gasteiger partial charge in [-0.05, 0) is 12.5 Å². The van der Waals surface area contributed by atoms with Crippen molar-refractivity contribution < 1.29 is 0 Å². The fraction of sp³-hybridized carbons (Fsp3) is 0.111. The van der Waals surface area contributed by atoms with Crippen LogP contribution >= 0.6 is 0 Å². The first-order chi connectivity index (χ1) is 5.75. The molecule has 1 aromatic carbocycles. The van der Waals surface area contributed by atoms with Gasteiger partial charge in [0.25, 0.3) is 0 Å². The SMILES string of the molecule is Cc1ccccc1/C(N)=C/NN. The Morgan fingerprint density at radius 1 is 1.42 bits per heavy atom. The van der Waals surface area contributed by atoms with Crippen molar-refractivity contribution in [2.24, 2.45) is 11.6 Å². The molecule has 0 heterocycles. The van der Waals surface area contributed by atoms with Crippen molar-refractivity contribution in [3.05, 3.63) is 41.6 Å². The lowest BCUT2D eigenvalue weighted by atomic mass is 10.1. The zero-order valence-electron chi connectivity index (χ0n) is 7.04. The van der Waals surface area contributed by atoms with Crippen LogP contribution in [0, 0.1) is 6.92 Å². The minimum Gasteiger partial charge on any atom is -0.397 e. The summed E-state index contributed by atoms with van der Waals surface area (Å²) in [4.78, 5) is 0. The number of hydrogen-bond acceptors (Lipinski definition) is 3. The molecule has 0 aliphatic rings. The predicted molar refractivity (Wildman–Crippen MR) is 50.7 cm³/mol. The van der Waals surface area contributed by atoms with Gasteiger partial charge in [-0.25, -0.2) is 0 Å². The average Bonchev–Trinajstić information content (AvgIpc) is 2.05. The molecule has 1 rings (SSSR count). The lowest BCUT2D eigenvalue weighted by Gasteiger charge is -2.04. The highest BCUT2D eigenvalue weighted by atomic mass is 15.2. The van der Waals surface area contributed by atoms with Crippen LogP contribution in [-0.2, 0) is 0 Å². The highest BCUT2D eigenvalue weighted by Crippen LogP contribution is 2.12. The fourth-order valence-electron chi connectivity index (χ4n) is 1.06. The van der Waals surface area contributed by atoms with Gasteiger partial charge in [-0.15, -0.1) is 0 Å². The number of hydrogen-bond donors (Lipinski definition) is 3. The quantitative estimate of drug-likeness (QED) is 0.444. The van der Waals surface area contributed by atoms with Crippen LogP contribution in [-0.4, -0.2) is 0 Å². The van der Waals surface area contributed by atoms with Gasteiger partial charge >= 0.3 is 0 Å². The molecule has 0 fully saturated rings. The average molecular weight is 163 g/mol. The summed E-state index contributed by atoms with van der Waals surface area (Å²) in [6.45, 7) is 2.01. The molecule has 3 heteroatoms. The van der Waals surface area contributed by atoms with E-state index < -0.39 is 0 Å². The van der Waals surface area contributed by atoms with Crippen molar-refractivity contribution >= 4 is 5.70 Å². The Bertz CT molecular complexity index is 292. The lowest BCUT2D eigenvalue weighted by Crippen LogP contribution is -2.16. The first kappa shape index (κ1) is 8.62. The summed E-state index contributed by atoms with van der Waals surface area (Å²) in [5.74, 6) is 5.11. The summed E-state index contributed by atoms with van der Waals surface area (Å²) in [6, 6.07) is 7.88. The molecule has 5 N–H and O–H groups in total. The zero-order valence-corrected chi connectivity index (χ0v) is 7.04. The fourth-order valence-corrected chi connectivity index (χ4v) is 1.06. The van der Waals surface area contributed by atoms with Gasteiger partial charge in [-0.2, -0.15) is 0 Å². The van der Waals surface area contributed by atoms with Gasteiger partial charge in [0, 0.05) is 11.8 Å². The second-order valence-corrected chi connectivity index (χ2v) is 2.58. The molecular formula is C9H13N3. The summed E-state index contributed by atoms with van der Waals surface area (Å²) < 4.78 is 0. The molecule has 0 aliphatic carbocycles. The molecular weight excluding hydrogens is 150 g/mol. The molecule has 12 heavy (non-hydrogen) atoms. The number of nitrogens with two attached hydrogens (primary N) is 2. The number of nitrogens with one attached hydrogen (secondary N) is 1. The summed E-state index contributed by atoms with van der Waals surface area (Å²) in [6.07, 6.45) is 1.57. The first-order valence-corrected chi connectivity index (χ1v) is 3.73. The van der Waals surface area contributed by atoms with E-state index in [1.54, 1.807) is 6.20 Å². The van der Waals surface area contributed by atoms with Gasteiger partial charge in [0.1, 0.15) is 0 Å². The Kier molecular flexibility index (Phi) is 2.71. The molecule has 0 radical (unpaired) electrons. The summed E-state index contributed by atoms with van der Waals surface area (Å²) in [5.41, 5.74) is 10.9. The maximum absolute atomic E-state index is 5.72. The molecule has 0 aliphatic heterocycles. The van der Waals surface area contributed by atoms with E-state index >= 15 is 0 Å². The molecule has 0 spiro atoms. The highest BCUT2D eigenvalue weighted by molar-refractivity contribution is 5.64. The molecule has 0 atom stereocenters. The van der Waals surface area contributed by atoms with Crippen LogP contribution in [0.25, 0.3) is 5.70 Å². The van der Waals surface area contributed by atoms with Gasteiger partial charge in [-0.1, -0.05) is 24.3 Å². The second-order valence-electron chi connectivity index (χ2n) is 2.58. The van der Waals surface area contributed by atoms with E-state index in [-0.39, 0.29) is 0 Å². The summed E-state index contributed by atoms with van der Waals surface area (Å²) >= 11 is 0. The number of rotatable bonds is 2. The molecule has 0 bridgehead atoms. The van der Waals surface area contributed by atoms with E-state index in [0.29, 0.717) is 5.70 Å². The van der Waals surface area contributed by atoms with E-state index in [4.69, 9.17) is 11.6 Å². The van der Waals surface area contributed by atoms with E-state index in [9.17, 15) is 0 Å². The smallest absolute Gasteiger partial charge is 0.0564 e. The van der Waals surface area contributed by atoms with Crippen molar-refractivity contribution in [1.29, 1.82) is 0 Å². The summed E-state index contributed by atoms with van der Waals surface area (Å²) in [5, 5.41) is 0. The third-order valence-electron chi connectivity index (χ3n) is 1.69. The van der Waals surface area contributed by atoms with Crippen molar-refractivity contribution in [2.75, 3.05) is 0 Å². The third-order valence-corrected chi connectivity index (χ3v) is 1.69. The van der Waals surface area contributed by atoms with Crippen LogP contribution in [0.5, 0.6) is 0 Å². The molecule has 0 unspecified atom stereocenters. The number of benzene rings is 1. The van der Waals surface area contributed by atoms with Crippen molar-refractivity contribution in [3.8, 4) is 0 Å². The van der Waals surface area contributed by atoms with Crippen LogP contribution in [0.3, 0.4) is 0 Å². The third kappa shape index (κ3) is 1.77. The number of hydrazine groups is 1. The van der Waals surface area contributed by atoms with E-state index in [0.717, 1.165) is 11.1 Å². The van der Waals surface area contributed by atoms with Crippen LogP contribution in [0.4, 0.5) is 0 Å². The Morgan fingerprint density at radius 3 is 2.67 bits per heavy atom. The molecule has 0 aromatic heterocycles. The van der Waals surface area contributed by atoms with E-state index in [2.05, 4.69) is 5.43 Å². The van der Waals surface area contributed by atoms with Gasteiger partial charge in [0.15, 0.2) is 0 Å². The maximum atomic E-state index is 5.72. The van der Waals surface area contributed by atoms with Gasteiger partial charge in [-0.3, -0.25) is 5.84 Å². The summed E-state index contributed by atoms with van der Waals surface area (Å²) in [7, 11) is 0. The largest absolute Gasteiger partial charge is 0.397 e.